The highest BCUT2D eigenvalue weighted by atomic mass is 16.6. The zero-order valence-electron chi connectivity index (χ0n) is 11.8. The topological polar surface area (TPSA) is 61.8 Å². The van der Waals surface area contributed by atoms with E-state index in [0.717, 1.165) is 25.7 Å². The predicted octanol–water partition coefficient (Wildman–Crippen LogP) is 2.34. The van der Waals surface area contributed by atoms with E-state index >= 15 is 0 Å². The lowest BCUT2D eigenvalue weighted by molar-refractivity contribution is -0.173. The lowest BCUT2D eigenvalue weighted by atomic mass is 9.99. The number of ether oxygens (including phenoxy) is 3. The highest BCUT2D eigenvalue weighted by Gasteiger charge is 2.36. The minimum absolute atomic E-state index is 0.259. The van der Waals surface area contributed by atoms with Crippen LogP contribution in [-0.4, -0.2) is 30.3 Å². The minimum atomic E-state index is -0.568. The van der Waals surface area contributed by atoms with E-state index in [0.29, 0.717) is 0 Å². The van der Waals surface area contributed by atoms with Gasteiger partial charge in [-0.25, -0.2) is 0 Å². The maximum Gasteiger partial charge on any atom is 0.303 e. The van der Waals surface area contributed by atoms with Crippen molar-refractivity contribution in [1.29, 1.82) is 0 Å². The van der Waals surface area contributed by atoms with Gasteiger partial charge in [-0.1, -0.05) is 19.8 Å². The van der Waals surface area contributed by atoms with E-state index in [2.05, 4.69) is 6.92 Å². The molecule has 0 aromatic heterocycles. The van der Waals surface area contributed by atoms with Crippen LogP contribution in [0.2, 0.25) is 0 Å². The third-order valence-corrected chi connectivity index (χ3v) is 2.91. The largest absolute Gasteiger partial charge is 0.494 e. The van der Waals surface area contributed by atoms with Gasteiger partial charge in [-0.3, -0.25) is 9.59 Å². The maximum absolute atomic E-state index is 11.2. The van der Waals surface area contributed by atoms with Crippen molar-refractivity contribution in [1.82, 2.24) is 0 Å². The molecule has 19 heavy (non-hydrogen) atoms. The van der Waals surface area contributed by atoms with Gasteiger partial charge in [0.25, 0.3) is 0 Å². The summed E-state index contributed by atoms with van der Waals surface area (Å²) in [6, 6.07) is 0. The molecule has 0 radical (unpaired) electrons. The van der Waals surface area contributed by atoms with E-state index in [1.807, 2.05) is 0 Å². The van der Waals surface area contributed by atoms with Crippen molar-refractivity contribution in [3.8, 4) is 0 Å². The first-order valence-electron chi connectivity index (χ1n) is 6.71. The molecule has 0 spiro atoms. The summed E-state index contributed by atoms with van der Waals surface area (Å²) in [5, 5.41) is 0. The minimum Gasteiger partial charge on any atom is -0.494 e. The molecule has 0 saturated carbocycles. The first-order chi connectivity index (χ1) is 9.04. The fourth-order valence-electron chi connectivity index (χ4n) is 2.08. The molecule has 1 aliphatic rings. The number of carbonyl (C=O) groups is 2. The Kier molecular flexibility index (Phi) is 6.39. The van der Waals surface area contributed by atoms with E-state index in [1.165, 1.54) is 20.1 Å². The van der Waals surface area contributed by atoms with Crippen molar-refractivity contribution in [3.05, 3.63) is 12.3 Å². The average molecular weight is 270 g/mol. The summed E-state index contributed by atoms with van der Waals surface area (Å²) in [6.45, 7) is 4.79. The molecule has 1 heterocycles. The molecule has 0 aromatic carbocycles. The molecule has 1 aliphatic heterocycles. The van der Waals surface area contributed by atoms with E-state index in [9.17, 15) is 9.59 Å². The zero-order valence-corrected chi connectivity index (χ0v) is 11.8. The van der Waals surface area contributed by atoms with Crippen LogP contribution in [0.25, 0.3) is 0 Å². The van der Waals surface area contributed by atoms with E-state index in [-0.39, 0.29) is 6.10 Å². The van der Waals surface area contributed by atoms with E-state index in [1.54, 1.807) is 6.08 Å². The molecule has 0 aromatic rings. The molecule has 1 rings (SSSR count). The molecule has 0 unspecified atom stereocenters. The van der Waals surface area contributed by atoms with Gasteiger partial charge in [-0.05, 0) is 18.9 Å². The van der Waals surface area contributed by atoms with Crippen LogP contribution < -0.4 is 0 Å². The van der Waals surface area contributed by atoms with Crippen LogP contribution in [0.1, 0.15) is 46.5 Å². The van der Waals surface area contributed by atoms with Crippen LogP contribution >= 0.6 is 0 Å². The summed E-state index contributed by atoms with van der Waals surface area (Å²) < 4.78 is 15.9. The smallest absolute Gasteiger partial charge is 0.303 e. The fraction of sp³-hybridized carbons (Fsp3) is 0.714. The number of unbranched alkanes of at least 4 members (excludes halogenated alkanes) is 2. The van der Waals surface area contributed by atoms with Crippen molar-refractivity contribution >= 4 is 11.9 Å². The number of carbonyl (C=O) groups excluding carboxylic acids is 2. The van der Waals surface area contributed by atoms with Gasteiger partial charge < -0.3 is 14.2 Å². The highest BCUT2D eigenvalue weighted by Crippen LogP contribution is 2.23. The van der Waals surface area contributed by atoms with Gasteiger partial charge in [-0.2, -0.15) is 0 Å². The molecule has 0 aliphatic carbocycles. The molecule has 0 amide bonds. The molecular weight excluding hydrogens is 248 g/mol. The molecule has 3 atom stereocenters. The summed E-state index contributed by atoms with van der Waals surface area (Å²) in [7, 11) is 0. The van der Waals surface area contributed by atoms with Gasteiger partial charge in [-0.15, -0.1) is 0 Å². The van der Waals surface area contributed by atoms with Gasteiger partial charge in [0.1, 0.15) is 6.10 Å². The molecule has 0 saturated heterocycles. The lowest BCUT2D eigenvalue weighted by Gasteiger charge is -2.33. The SMILES string of the molecule is CCCCC[C@H]1OC=C[C@@H](OC(C)=O)[C@H]1OC(C)=O. The van der Waals surface area contributed by atoms with Crippen molar-refractivity contribution in [2.24, 2.45) is 0 Å². The third kappa shape index (κ3) is 5.32. The number of rotatable bonds is 6. The molecule has 0 N–H and O–H groups in total. The molecule has 0 bridgehead atoms. The quantitative estimate of drug-likeness (QED) is 0.547. The maximum atomic E-state index is 11.2. The summed E-state index contributed by atoms with van der Waals surface area (Å²) in [6.07, 6.45) is 5.68. The van der Waals surface area contributed by atoms with E-state index in [4.69, 9.17) is 14.2 Å². The monoisotopic (exact) mass is 270 g/mol. The normalized spacial score (nSPS) is 25.5. The van der Waals surface area contributed by atoms with Crippen LogP contribution in [0.15, 0.2) is 12.3 Å². The summed E-state index contributed by atoms with van der Waals surface area (Å²) in [5.41, 5.74) is 0. The third-order valence-electron chi connectivity index (χ3n) is 2.91. The Morgan fingerprint density at radius 3 is 2.42 bits per heavy atom. The fourth-order valence-corrected chi connectivity index (χ4v) is 2.08. The van der Waals surface area contributed by atoms with Crippen LogP contribution in [0.4, 0.5) is 0 Å². The molecule has 5 heteroatoms. The van der Waals surface area contributed by atoms with Gasteiger partial charge >= 0.3 is 11.9 Å². The van der Waals surface area contributed by atoms with Crippen LogP contribution in [0.5, 0.6) is 0 Å². The van der Waals surface area contributed by atoms with Crippen LogP contribution in [0.3, 0.4) is 0 Å². The Morgan fingerprint density at radius 1 is 1.16 bits per heavy atom. The van der Waals surface area contributed by atoms with Crippen LogP contribution in [0, 0.1) is 0 Å². The Morgan fingerprint density at radius 2 is 1.84 bits per heavy atom. The van der Waals surface area contributed by atoms with Gasteiger partial charge in [0.2, 0.25) is 0 Å². The second-order valence-corrected chi connectivity index (χ2v) is 4.65. The molecular formula is C14H22O5. The molecule has 108 valence electrons. The number of hydrogen-bond donors (Lipinski definition) is 0. The van der Waals surface area contributed by atoms with Gasteiger partial charge in [0, 0.05) is 13.8 Å². The highest BCUT2D eigenvalue weighted by molar-refractivity contribution is 5.67. The number of hydrogen-bond acceptors (Lipinski definition) is 5. The second-order valence-electron chi connectivity index (χ2n) is 4.65. The molecule has 0 fully saturated rings. The van der Waals surface area contributed by atoms with E-state index < -0.39 is 24.1 Å². The first-order valence-corrected chi connectivity index (χ1v) is 6.71. The first kappa shape index (κ1) is 15.5. The van der Waals surface area contributed by atoms with Crippen molar-refractivity contribution in [3.63, 3.8) is 0 Å². The standard InChI is InChI=1S/C14H22O5/c1-4-5-6-7-12-14(19-11(3)16)13(8-9-17-12)18-10(2)15/h8-9,12-14H,4-7H2,1-3H3/t12-,13-,14+/m1/s1. The second kappa shape index (κ2) is 7.81. The average Bonchev–Trinajstić information content (AvgIpc) is 2.32. The lowest BCUT2D eigenvalue weighted by Crippen LogP contribution is -2.45. The summed E-state index contributed by atoms with van der Waals surface area (Å²) in [4.78, 5) is 22.2. The molecule has 5 nitrogen and oxygen atoms in total. The van der Waals surface area contributed by atoms with Gasteiger partial charge in [0.15, 0.2) is 12.2 Å². The van der Waals surface area contributed by atoms with Gasteiger partial charge in [0.05, 0.1) is 6.26 Å². The van der Waals surface area contributed by atoms with Crippen molar-refractivity contribution < 1.29 is 23.8 Å². The predicted molar refractivity (Wildman–Crippen MR) is 69.3 cm³/mol. The van der Waals surface area contributed by atoms with Crippen molar-refractivity contribution in [2.45, 2.75) is 64.8 Å². The Bertz CT molecular complexity index is 337. The van der Waals surface area contributed by atoms with Crippen molar-refractivity contribution in [2.75, 3.05) is 0 Å². The zero-order chi connectivity index (χ0) is 14.3. The Labute approximate surface area is 113 Å². The number of esters is 2. The summed E-state index contributed by atoms with van der Waals surface area (Å²) >= 11 is 0. The Hall–Kier alpha value is -1.52. The Balaban J connectivity index is 2.69. The summed E-state index contributed by atoms with van der Waals surface area (Å²) in [5.74, 6) is -0.803. The van der Waals surface area contributed by atoms with Crippen LogP contribution in [-0.2, 0) is 23.8 Å².